The standard InChI is InChI=1S/C16H24N6O2.HI/c1-2-17-16(18-10-13(23)14-4-3-9-24-14)22-7-5-12(6-8-22)15-19-11-20-21-15;/h3-4,9,11-13,23H,2,5-8,10H2,1H3,(H,17,18)(H,19,20,21);1H. The van der Waals surface area contributed by atoms with Gasteiger partial charge < -0.3 is 19.7 Å². The average Bonchev–Trinajstić information content (AvgIpc) is 3.32. The van der Waals surface area contributed by atoms with Gasteiger partial charge in [-0.25, -0.2) is 9.98 Å². The van der Waals surface area contributed by atoms with Gasteiger partial charge in [0.1, 0.15) is 24.0 Å². The average molecular weight is 460 g/mol. The van der Waals surface area contributed by atoms with Crippen LogP contribution in [0.1, 0.15) is 43.4 Å². The Morgan fingerprint density at radius 2 is 2.32 bits per heavy atom. The van der Waals surface area contributed by atoms with Gasteiger partial charge in [-0.2, -0.15) is 5.10 Å². The normalized spacial score (nSPS) is 17.2. The Kier molecular flexibility index (Phi) is 7.69. The van der Waals surface area contributed by atoms with Crippen molar-refractivity contribution in [2.75, 3.05) is 26.2 Å². The molecule has 3 N–H and O–H groups in total. The molecule has 0 aliphatic carbocycles. The highest BCUT2D eigenvalue weighted by atomic mass is 127. The molecule has 1 fully saturated rings. The van der Waals surface area contributed by atoms with Gasteiger partial charge in [0, 0.05) is 25.6 Å². The maximum atomic E-state index is 10.1. The number of aliphatic hydroxyl groups excluding tert-OH is 1. The number of hydrogen-bond donors (Lipinski definition) is 3. The molecule has 3 heterocycles. The van der Waals surface area contributed by atoms with Gasteiger partial charge in [-0.1, -0.05) is 0 Å². The van der Waals surface area contributed by atoms with Gasteiger partial charge in [0.15, 0.2) is 5.96 Å². The molecule has 8 nitrogen and oxygen atoms in total. The molecule has 0 spiro atoms. The van der Waals surface area contributed by atoms with Crippen LogP contribution in [0.5, 0.6) is 0 Å². The predicted molar refractivity (Wildman–Crippen MR) is 105 cm³/mol. The number of likely N-dealkylation sites (tertiary alicyclic amines) is 1. The second-order valence-electron chi connectivity index (χ2n) is 5.86. The van der Waals surface area contributed by atoms with Crippen LogP contribution >= 0.6 is 24.0 Å². The number of hydrogen-bond acceptors (Lipinski definition) is 5. The van der Waals surface area contributed by atoms with Crippen LogP contribution in [0.3, 0.4) is 0 Å². The number of furan rings is 1. The number of aromatic amines is 1. The Balaban J connectivity index is 0.00000225. The van der Waals surface area contributed by atoms with Crippen molar-refractivity contribution < 1.29 is 9.52 Å². The second kappa shape index (κ2) is 9.76. The molecule has 1 unspecified atom stereocenters. The van der Waals surface area contributed by atoms with Crippen LogP contribution in [-0.2, 0) is 0 Å². The largest absolute Gasteiger partial charge is 0.467 e. The fourth-order valence-corrected chi connectivity index (χ4v) is 2.95. The molecule has 0 radical (unpaired) electrons. The van der Waals surface area contributed by atoms with Crippen LogP contribution in [0, 0.1) is 0 Å². The van der Waals surface area contributed by atoms with Crippen molar-refractivity contribution in [3.8, 4) is 0 Å². The molecule has 1 saturated heterocycles. The third-order valence-corrected chi connectivity index (χ3v) is 4.24. The minimum Gasteiger partial charge on any atom is -0.467 e. The lowest BCUT2D eigenvalue weighted by molar-refractivity contribution is 0.157. The first-order chi connectivity index (χ1) is 11.8. The highest BCUT2D eigenvalue weighted by molar-refractivity contribution is 14.0. The predicted octanol–water partition coefficient (Wildman–Crippen LogP) is 1.89. The zero-order valence-corrected chi connectivity index (χ0v) is 16.6. The summed E-state index contributed by atoms with van der Waals surface area (Å²) in [5, 5.41) is 20.3. The maximum absolute atomic E-state index is 10.1. The molecular weight excluding hydrogens is 435 g/mol. The third kappa shape index (κ3) is 5.18. The van der Waals surface area contributed by atoms with E-state index in [2.05, 4.69) is 30.4 Å². The van der Waals surface area contributed by atoms with Crippen LogP contribution in [0.4, 0.5) is 0 Å². The van der Waals surface area contributed by atoms with Gasteiger partial charge in [0.25, 0.3) is 0 Å². The summed E-state index contributed by atoms with van der Waals surface area (Å²) in [6.45, 7) is 4.90. The van der Waals surface area contributed by atoms with Crippen molar-refractivity contribution in [2.24, 2.45) is 4.99 Å². The fourth-order valence-electron chi connectivity index (χ4n) is 2.95. The van der Waals surface area contributed by atoms with Crippen molar-refractivity contribution in [3.63, 3.8) is 0 Å². The van der Waals surface area contributed by atoms with E-state index in [0.717, 1.165) is 44.3 Å². The monoisotopic (exact) mass is 460 g/mol. The molecule has 2 aromatic rings. The van der Waals surface area contributed by atoms with E-state index in [1.54, 1.807) is 24.7 Å². The number of piperidine rings is 1. The minimum absolute atomic E-state index is 0. The Hall–Kier alpha value is -1.62. The zero-order chi connectivity index (χ0) is 16.8. The van der Waals surface area contributed by atoms with E-state index in [-0.39, 0.29) is 30.5 Å². The van der Waals surface area contributed by atoms with E-state index in [0.29, 0.717) is 11.7 Å². The molecule has 1 aliphatic heterocycles. The first kappa shape index (κ1) is 19.7. The Morgan fingerprint density at radius 1 is 1.52 bits per heavy atom. The van der Waals surface area contributed by atoms with Crippen molar-refractivity contribution in [2.45, 2.75) is 31.8 Å². The van der Waals surface area contributed by atoms with Crippen molar-refractivity contribution >= 4 is 29.9 Å². The highest BCUT2D eigenvalue weighted by Gasteiger charge is 2.24. The topological polar surface area (TPSA) is 103 Å². The van der Waals surface area contributed by atoms with Crippen molar-refractivity contribution in [1.29, 1.82) is 0 Å². The van der Waals surface area contributed by atoms with Gasteiger partial charge >= 0.3 is 0 Å². The number of aromatic nitrogens is 3. The van der Waals surface area contributed by atoms with E-state index >= 15 is 0 Å². The Morgan fingerprint density at radius 3 is 2.92 bits per heavy atom. The molecule has 0 bridgehead atoms. The number of aliphatic imine (C=N–C) groups is 1. The fraction of sp³-hybridized carbons (Fsp3) is 0.562. The molecular formula is C16H25IN6O2. The second-order valence-corrected chi connectivity index (χ2v) is 5.86. The van der Waals surface area contributed by atoms with Gasteiger partial charge in [-0.3, -0.25) is 5.10 Å². The summed E-state index contributed by atoms with van der Waals surface area (Å²) in [5.74, 6) is 2.75. The lowest BCUT2D eigenvalue weighted by atomic mass is 9.96. The SMILES string of the molecule is CCNC(=NCC(O)c1ccco1)N1CCC(c2ncn[nH]2)CC1.I. The maximum Gasteiger partial charge on any atom is 0.194 e. The van der Waals surface area contributed by atoms with Crippen LogP contribution < -0.4 is 5.32 Å². The Bertz CT molecular complexity index is 623. The van der Waals surface area contributed by atoms with Crippen LogP contribution in [0.25, 0.3) is 0 Å². The number of H-pyrrole nitrogens is 1. The van der Waals surface area contributed by atoms with E-state index in [1.165, 1.54) is 0 Å². The first-order valence-corrected chi connectivity index (χ1v) is 8.38. The number of nitrogens with one attached hydrogen (secondary N) is 2. The van der Waals surface area contributed by atoms with Crippen LogP contribution in [0.15, 0.2) is 34.1 Å². The van der Waals surface area contributed by atoms with Crippen molar-refractivity contribution in [3.05, 3.63) is 36.3 Å². The van der Waals surface area contributed by atoms with E-state index in [9.17, 15) is 5.11 Å². The summed E-state index contributed by atoms with van der Waals surface area (Å²) in [6.07, 6.45) is 4.39. The summed E-state index contributed by atoms with van der Waals surface area (Å²) >= 11 is 0. The molecule has 138 valence electrons. The number of halogens is 1. The first-order valence-electron chi connectivity index (χ1n) is 8.38. The minimum atomic E-state index is -0.722. The molecule has 0 saturated carbocycles. The summed E-state index contributed by atoms with van der Waals surface area (Å²) in [6, 6.07) is 3.53. The Labute approximate surface area is 164 Å². The molecule has 9 heteroatoms. The van der Waals surface area contributed by atoms with Crippen LogP contribution in [0.2, 0.25) is 0 Å². The summed E-state index contributed by atoms with van der Waals surface area (Å²) in [7, 11) is 0. The number of guanidine groups is 1. The quantitative estimate of drug-likeness (QED) is 0.358. The lowest BCUT2D eigenvalue weighted by Crippen LogP contribution is -2.45. The molecule has 0 aromatic carbocycles. The smallest absolute Gasteiger partial charge is 0.194 e. The van der Waals surface area contributed by atoms with E-state index < -0.39 is 6.10 Å². The molecule has 3 rings (SSSR count). The van der Waals surface area contributed by atoms with Gasteiger partial charge in [-0.05, 0) is 31.9 Å². The zero-order valence-electron chi connectivity index (χ0n) is 14.3. The highest BCUT2D eigenvalue weighted by Crippen LogP contribution is 2.25. The summed E-state index contributed by atoms with van der Waals surface area (Å²) in [4.78, 5) is 11.1. The van der Waals surface area contributed by atoms with Gasteiger partial charge in [-0.15, -0.1) is 24.0 Å². The van der Waals surface area contributed by atoms with Crippen molar-refractivity contribution in [1.82, 2.24) is 25.4 Å². The van der Waals surface area contributed by atoms with Crippen LogP contribution in [-0.4, -0.2) is 57.3 Å². The molecule has 1 atom stereocenters. The summed E-state index contributed by atoms with van der Waals surface area (Å²) < 4.78 is 5.22. The number of nitrogens with zero attached hydrogens (tertiary/aromatic N) is 4. The number of aliphatic hydroxyl groups is 1. The molecule has 2 aromatic heterocycles. The summed E-state index contributed by atoms with van der Waals surface area (Å²) in [5.41, 5.74) is 0. The third-order valence-electron chi connectivity index (χ3n) is 4.24. The number of rotatable bonds is 5. The lowest BCUT2D eigenvalue weighted by Gasteiger charge is -2.33. The van der Waals surface area contributed by atoms with E-state index in [1.807, 2.05) is 6.92 Å². The molecule has 0 amide bonds. The van der Waals surface area contributed by atoms with Gasteiger partial charge in [0.2, 0.25) is 0 Å². The molecule has 25 heavy (non-hydrogen) atoms. The van der Waals surface area contributed by atoms with E-state index in [4.69, 9.17) is 4.42 Å². The van der Waals surface area contributed by atoms with Gasteiger partial charge in [0.05, 0.1) is 12.8 Å². The molecule has 1 aliphatic rings.